The molecule has 0 aliphatic heterocycles. The van der Waals surface area contributed by atoms with E-state index in [9.17, 15) is 0 Å². The second-order valence-electron chi connectivity index (χ2n) is 4.45. The number of aromatic nitrogens is 2. The Balaban J connectivity index is 1.98. The molecule has 4 N–H and O–H groups in total. The molecule has 0 spiro atoms. The molecule has 5 heteroatoms. The van der Waals surface area contributed by atoms with Gasteiger partial charge in [-0.25, -0.2) is 0 Å². The molecule has 0 bridgehead atoms. The summed E-state index contributed by atoms with van der Waals surface area (Å²) >= 11 is 0. The van der Waals surface area contributed by atoms with Gasteiger partial charge in [0.1, 0.15) is 5.75 Å². The summed E-state index contributed by atoms with van der Waals surface area (Å²) in [6, 6.07) is 11.6. The van der Waals surface area contributed by atoms with Crippen LogP contribution in [0.15, 0.2) is 42.6 Å². The maximum absolute atomic E-state index is 6.07. The SMILES string of the molecule is CCOc1ccccc1Nc1cc2[nH]ncc2cc1N. The number of anilines is 3. The lowest BCUT2D eigenvalue weighted by Crippen LogP contribution is -2.00. The third-order valence-corrected chi connectivity index (χ3v) is 3.07. The molecule has 0 fully saturated rings. The molecule has 0 atom stereocenters. The first-order valence-corrected chi connectivity index (χ1v) is 6.49. The molecule has 0 radical (unpaired) electrons. The van der Waals surface area contributed by atoms with Crippen LogP contribution in [0.2, 0.25) is 0 Å². The van der Waals surface area contributed by atoms with Gasteiger partial charge in [0.05, 0.1) is 35.4 Å². The highest BCUT2D eigenvalue weighted by molar-refractivity contribution is 5.90. The normalized spacial score (nSPS) is 10.7. The van der Waals surface area contributed by atoms with Crippen molar-refractivity contribution >= 4 is 28.0 Å². The molecule has 5 nitrogen and oxygen atoms in total. The molecule has 3 rings (SSSR count). The first-order valence-electron chi connectivity index (χ1n) is 6.49. The number of rotatable bonds is 4. The second kappa shape index (κ2) is 5.13. The van der Waals surface area contributed by atoms with Gasteiger partial charge in [-0.2, -0.15) is 5.10 Å². The summed E-state index contributed by atoms with van der Waals surface area (Å²) in [5.41, 5.74) is 9.40. The van der Waals surface area contributed by atoms with Crippen LogP contribution in [-0.4, -0.2) is 16.8 Å². The second-order valence-corrected chi connectivity index (χ2v) is 4.45. The molecule has 0 aliphatic carbocycles. The van der Waals surface area contributed by atoms with Crippen molar-refractivity contribution < 1.29 is 4.74 Å². The van der Waals surface area contributed by atoms with Gasteiger partial charge in [-0.05, 0) is 31.2 Å². The van der Waals surface area contributed by atoms with E-state index in [4.69, 9.17) is 10.5 Å². The van der Waals surface area contributed by atoms with Gasteiger partial charge in [0.15, 0.2) is 0 Å². The molecule has 1 heterocycles. The quantitative estimate of drug-likeness (QED) is 0.635. The number of nitrogens with one attached hydrogen (secondary N) is 2. The van der Waals surface area contributed by atoms with Crippen LogP contribution in [0, 0.1) is 0 Å². The van der Waals surface area contributed by atoms with Crippen LogP contribution in [0.5, 0.6) is 5.75 Å². The first-order chi connectivity index (χ1) is 9.78. The lowest BCUT2D eigenvalue weighted by atomic mass is 10.2. The van der Waals surface area contributed by atoms with Gasteiger partial charge in [0.2, 0.25) is 0 Å². The third kappa shape index (κ3) is 2.25. The highest BCUT2D eigenvalue weighted by Crippen LogP contribution is 2.32. The van der Waals surface area contributed by atoms with Crippen molar-refractivity contribution in [3.63, 3.8) is 0 Å². The third-order valence-electron chi connectivity index (χ3n) is 3.07. The van der Waals surface area contributed by atoms with Crippen molar-refractivity contribution in [3.8, 4) is 5.75 Å². The van der Waals surface area contributed by atoms with E-state index in [-0.39, 0.29) is 0 Å². The monoisotopic (exact) mass is 268 g/mol. The predicted molar refractivity (Wildman–Crippen MR) is 81.4 cm³/mol. The molecule has 1 aromatic heterocycles. The van der Waals surface area contributed by atoms with E-state index in [1.807, 2.05) is 43.3 Å². The zero-order valence-electron chi connectivity index (χ0n) is 11.2. The van der Waals surface area contributed by atoms with Crippen LogP contribution in [0.3, 0.4) is 0 Å². The Morgan fingerprint density at radius 2 is 2.10 bits per heavy atom. The molecule has 0 unspecified atom stereocenters. The number of fused-ring (bicyclic) bond motifs is 1. The van der Waals surface area contributed by atoms with Gasteiger partial charge < -0.3 is 15.8 Å². The van der Waals surface area contributed by atoms with Crippen LogP contribution in [0.1, 0.15) is 6.92 Å². The Labute approximate surface area is 116 Å². The molecular weight excluding hydrogens is 252 g/mol. The maximum Gasteiger partial charge on any atom is 0.142 e. The van der Waals surface area contributed by atoms with Crippen LogP contribution < -0.4 is 15.8 Å². The maximum atomic E-state index is 6.07. The number of nitrogens with zero attached hydrogens (tertiary/aromatic N) is 1. The highest BCUT2D eigenvalue weighted by Gasteiger charge is 2.07. The molecule has 102 valence electrons. The van der Waals surface area contributed by atoms with E-state index in [0.717, 1.165) is 28.0 Å². The van der Waals surface area contributed by atoms with Gasteiger partial charge >= 0.3 is 0 Å². The minimum Gasteiger partial charge on any atom is -0.492 e. The van der Waals surface area contributed by atoms with Crippen LogP contribution in [-0.2, 0) is 0 Å². The van der Waals surface area contributed by atoms with Crippen molar-refractivity contribution in [1.29, 1.82) is 0 Å². The zero-order chi connectivity index (χ0) is 13.9. The number of hydrogen-bond donors (Lipinski definition) is 3. The lowest BCUT2D eigenvalue weighted by Gasteiger charge is -2.13. The van der Waals surface area contributed by atoms with E-state index in [2.05, 4.69) is 15.5 Å². The Morgan fingerprint density at radius 3 is 2.95 bits per heavy atom. The van der Waals surface area contributed by atoms with Gasteiger partial charge in [-0.3, -0.25) is 5.10 Å². The molecule has 0 amide bonds. The van der Waals surface area contributed by atoms with Crippen molar-refractivity contribution in [2.24, 2.45) is 0 Å². The predicted octanol–water partition coefficient (Wildman–Crippen LogP) is 3.29. The summed E-state index contributed by atoms with van der Waals surface area (Å²) in [7, 11) is 0. The van der Waals surface area contributed by atoms with Crippen LogP contribution in [0.4, 0.5) is 17.1 Å². The van der Waals surface area contributed by atoms with E-state index in [1.54, 1.807) is 6.20 Å². The lowest BCUT2D eigenvalue weighted by molar-refractivity contribution is 0.342. The number of nitrogens with two attached hydrogens (primary N) is 1. The van der Waals surface area contributed by atoms with Crippen LogP contribution in [0.25, 0.3) is 10.9 Å². The molecular formula is C15H16N4O. The number of aromatic amines is 1. The van der Waals surface area contributed by atoms with Crippen molar-refractivity contribution in [3.05, 3.63) is 42.6 Å². The molecule has 3 aromatic rings. The Bertz CT molecular complexity index is 736. The molecule has 0 saturated heterocycles. The summed E-state index contributed by atoms with van der Waals surface area (Å²) in [4.78, 5) is 0. The molecule has 0 saturated carbocycles. The summed E-state index contributed by atoms with van der Waals surface area (Å²) in [5, 5.41) is 11.2. The summed E-state index contributed by atoms with van der Waals surface area (Å²) in [5.74, 6) is 0.805. The highest BCUT2D eigenvalue weighted by atomic mass is 16.5. The smallest absolute Gasteiger partial charge is 0.142 e. The van der Waals surface area contributed by atoms with Crippen molar-refractivity contribution in [2.45, 2.75) is 6.92 Å². The van der Waals surface area contributed by atoms with Gasteiger partial charge in [0, 0.05) is 5.39 Å². The van der Waals surface area contributed by atoms with Gasteiger partial charge in [-0.15, -0.1) is 0 Å². The summed E-state index contributed by atoms with van der Waals surface area (Å²) in [6.45, 7) is 2.58. The molecule has 0 aliphatic rings. The topological polar surface area (TPSA) is 76.0 Å². The number of para-hydroxylation sites is 2. The molecule has 20 heavy (non-hydrogen) atoms. The van der Waals surface area contributed by atoms with Crippen molar-refractivity contribution in [1.82, 2.24) is 10.2 Å². The van der Waals surface area contributed by atoms with E-state index < -0.39 is 0 Å². The fourth-order valence-corrected chi connectivity index (χ4v) is 2.11. The minimum absolute atomic E-state index is 0.619. The van der Waals surface area contributed by atoms with Gasteiger partial charge in [-0.1, -0.05) is 12.1 Å². The standard InChI is InChI=1S/C15H16N4O/c1-2-20-15-6-4-3-5-12(15)18-14-8-13-10(7-11(14)16)9-17-19-13/h3-9,18H,2,16H2,1H3,(H,17,19). The number of hydrogen-bond acceptors (Lipinski definition) is 4. The first kappa shape index (κ1) is 12.3. The van der Waals surface area contributed by atoms with E-state index >= 15 is 0 Å². The average Bonchev–Trinajstić information content (AvgIpc) is 2.88. The number of benzene rings is 2. The number of ether oxygens (including phenoxy) is 1. The Morgan fingerprint density at radius 1 is 1.25 bits per heavy atom. The summed E-state index contributed by atoms with van der Waals surface area (Å²) < 4.78 is 5.60. The van der Waals surface area contributed by atoms with E-state index in [0.29, 0.717) is 12.3 Å². The Hall–Kier alpha value is -2.69. The summed E-state index contributed by atoms with van der Waals surface area (Å²) in [6.07, 6.45) is 1.75. The Kier molecular flexibility index (Phi) is 3.16. The van der Waals surface area contributed by atoms with Crippen molar-refractivity contribution in [2.75, 3.05) is 17.7 Å². The van der Waals surface area contributed by atoms with Crippen LogP contribution >= 0.6 is 0 Å². The van der Waals surface area contributed by atoms with Gasteiger partial charge in [0.25, 0.3) is 0 Å². The average molecular weight is 268 g/mol. The fourth-order valence-electron chi connectivity index (χ4n) is 2.11. The number of H-pyrrole nitrogens is 1. The fraction of sp³-hybridized carbons (Fsp3) is 0.133. The van der Waals surface area contributed by atoms with E-state index in [1.165, 1.54) is 0 Å². The molecule has 2 aromatic carbocycles. The zero-order valence-corrected chi connectivity index (χ0v) is 11.2. The minimum atomic E-state index is 0.619. The largest absolute Gasteiger partial charge is 0.492 e. The number of nitrogen functional groups attached to an aromatic ring is 1.